The average molecular weight is 284 g/mol. The molecule has 0 radical (unpaired) electrons. The van der Waals surface area contributed by atoms with Crippen LogP contribution in [0.1, 0.15) is 19.4 Å². The molecule has 0 spiro atoms. The highest BCUT2D eigenvalue weighted by Crippen LogP contribution is 2.59. The minimum absolute atomic E-state index is 0.0781. The number of halogens is 2. The SMILES string of the molecule is CC1(C)[C@H](/C=C(/Cl)c2ccc(Cl)cc2)[C@@H]1C(=O)[O-]. The van der Waals surface area contributed by atoms with Gasteiger partial charge in [0.15, 0.2) is 0 Å². The van der Waals surface area contributed by atoms with Gasteiger partial charge in [-0.15, -0.1) is 0 Å². The molecule has 0 heterocycles. The summed E-state index contributed by atoms with van der Waals surface area (Å²) in [6.07, 6.45) is 1.80. The molecule has 0 N–H and O–H groups in total. The molecule has 0 saturated heterocycles. The first-order valence-electron chi connectivity index (χ1n) is 5.68. The maximum Gasteiger partial charge on any atom is 0.0456 e. The number of allylic oxidation sites excluding steroid dienone is 1. The summed E-state index contributed by atoms with van der Waals surface area (Å²) in [6.45, 7) is 3.81. The van der Waals surface area contributed by atoms with Crippen molar-refractivity contribution in [3.05, 3.63) is 40.9 Å². The maximum atomic E-state index is 10.9. The number of rotatable bonds is 3. The van der Waals surface area contributed by atoms with Gasteiger partial charge in [0.2, 0.25) is 0 Å². The van der Waals surface area contributed by atoms with E-state index in [2.05, 4.69) is 0 Å². The number of aliphatic carboxylic acids is 1. The van der Waals surface area contributed by atoms with Crippen LogP contribution in [0, 0.1) is 17.3 Å². The van der Waals surface area contributed by atoms with Gasteiger partial charge in [0.25, 0.3) is 0 Å². The van der Waals surface area contributed by atoms with Gasteiger partial charge in [-0.3, -0.25) is 0 Å². The van der Waals surface area contributed by atoms with Crippen molar-refractivity contribution in [2.75, 3.05) is 0 Å². The molecule has 0 amide bonds. The van der Waals surface area contributed by atoms with Gasteiger partial charge in [-0.05, 0) is 29.0 Å². The van der Waals surface area contributed by atoms with Crippen molar-refractivity contribution in [2.45, 2.75) is 13.8 Å². The first kappa shape index (κ1) is 13.4. The van der Waals surface area contributed by atoms with Crippen molar-refractivity contribution in [3.63, 3.8) is 0 Å². The van der Waals surface area contributed by atoms with Crippen LogP contribution in [0.3, 0.4) is 0 Å². The molecule has 0 aromatic heterocycles. The molecule has 1 saturated carbocycles. The first-order chi connectivity index (χ1) is 8.34. The number of hydrogen-bond donors (Lipinski definition) is 0. The van der Waals surface area contributed by atoms with Gasteiger partial charge in [-0.2, -0.15) is 0 Å². The summed E-state index contributed by atoms with van der Waals surface area (Å²) < 4.78 is 0. The summed E-state index contributed by atoms with van der Waals surface area (Å²) >= 11 is 12.0. The van der Waals surface area contributed by atoms with Crippen LogP contribution in [-0.4, -0.2) is 5.97 Å². The van der Waals surface area contributed by atoms with E-state index in [1.165, 1.54) is 0 Å². The molecule has 0 bridgehead atoms. The highest BCUT2D eigenvalue weighted by atomic mass is 35.5. The van der Waals surface area contributed by atoms with Crippen molar-refractivity contribution < 1.29 is 9.90 Å². The van der Waals surface area contributed by atoms with Crippen LogP contribution in [0.4, 0.5) is 0 Å². The highest BCUT2D eigenvalue weighted by molar-refractivity contribution is 6.48. The van der Waals surface area contributed by atoms with Gasteiger partial charge in [-0.25, -0.2) is 0 Å². The monoisotopic (exact) mass is 283 g/mol. The summed E-state index contributed by atoms with van der Waals surface area (Å²) in [4.78, 5) is 10.9. The Balaban J connectivity index is 2.20. The van der Waals surface area contributed by atoms with E-state index in [-0.39, 0.29) is 11.3 Å². The molecular weight excluding hydrogens is 271 g/mol. The van der Waals surface area contributed by atoms with E-state index in [4.69, 9.17) is 23.2 Å². The number of carbonyl (C=O) groups excluding carboxylic acids is 1. The molecule has 1 fully saturated rings. The second-order valence-electron chi connectivity index (χ2n) is 5.17. The van der Waals surface area contributed by atoms with E-state index >= 15 is 0 Å². The zero-order valence-electron chi connectivity index (χ0n) is 10.1. The Kier molecular flexibility index (Phi) is 3.43. The van der Waals surface area contributed by atoms with E-state index in [1.54, 1.807) is 18.2 Å². The predicted octanol–water partition coefficient (Wildman–Crippen LogP) is 2.94. The summed E-state index contributed by atoms with van der Waals surface area (Å²) in [6, 6.07) is 7.12. The van der Waals surface area contributed by atoms with Gasteiger partial charge in [0.05, 0.1) is 0 Å². The van der Waals surface area contributed by atoms with Crippen molar-refractivity contribution in [1.82, 2.24) is 0 Å². The molecule has 0 aliphatic heterocycles. The Morgan fingerprint density at radius 2 is 1.89 bits per heavy atom. The Bertz CT molecular complexity index is 503. The van der Waals surface area contributed by atoms with Crippen LogP contribution in [0.5, 0.6) is 0 Å². The van der Waals surface area contributed by atoms with E-state index in [0.717, 1.165) is 5.56 Å². The molecule has 1 aliphatic rings. The fraction of sp³-hybridized carbons (Fsp3) is 0.357. The van der Waals surface area contributed by atoms with Gasteiger partial charge < -0.3 is 9.90 Å². The van der Waals surface area contributed by atoms with Crippen LogP contribution < -0.4 is 5.11 Å². The molecule has 96 valence electrons. The lowest BCUT2D eigenvalue weighted by Gasteiger charge is -2.01. The van der Waals surface area contributed by atoms with Gasteiger partial charge in [0.1, 0.15) is 0 Å². The van der Waals surface area contributed by atoms with Crippen molar-refractivity contribution in [3.8, 4) is 0 Å². The van der Waals surface area contributed by atoms with Crippen LogP contribution >= 0.6 is 23.2 Å². The lowest BCUT2D eigenvalue weighted by Crippen LogP contribution is -2.26. The topological polar surface area (TPSA) is 40.1 Å². The van der Waals surface area contributed by atoms with Crippen LogP contribution in [0.15, 0.2) is 30.3 Å². The molecule has 2 rings (SSSR count). The number of carbonyl (C=O) groups is 1. The number of carboxylic acids is 1. The largest absolute Gasteiger partial charge is 0.550 e. The Labute approximate surface area is 116 Å². The first-order valence-corrected chi connectivity index (χ1v) is 6.43. The molecule has 2 atom stereocenters. The van der Waals surface area contributed by atoms with Crippen LogP contribution in [0.2, 0.25) is 5.02 Å². The summed E-state index contributed by atoms with van der Waals surface area (Å²) in [7, 11) is 0. The quantitative estimate of drug-likeness (QED) is 0.856. The normalized spacial score (nSPS) is 25.9. The minimum Gasteiger partial charge on any atom is -0.550 e. The number of hydrogen-bond acceptors (Lipinski definition) is 2. The third-order valence-corrected chi connectivity index (χ3v) is 4.21. The minimum atomic E-state index is -1.01. The lowest BCUT2D eigenvalue weighted by molar-refractivity contribution is -0.308. The smallest absolute Gasteiger partial charge is 0.0456 e. The summed E-state index contributed by atoms with van der Waals surface area (Å²) in [5.41, 5.74) is 0.548. The van der Waals surface area contributed by atoms with E-state index in [0.29, 0.717) is 10.1 Å². The Morgan fingerprint density at radius 3 is 2.33 bits per heavy atom. The fourth-order valence-corrected chi connectivity index (χ4v) is 2.69. The van der Waals surface area contributed by atoms with Gasteiger partial charge in [0, 0.05) is 21.9 Å². The van der Waals surface area contributed by atoms with Crippen LogP contribution in [0.25, 0.3) is 5.03 Å². The standard InChI is InChI=1S/C14H14Cl2O2/c1-14(2)10(12(14)13(17)18)7-11(16)8-3-5-9(15)6-4-8/h3-7,10,12H,1-2H3,(H,17,18)/p-1/b11-7+/t10-,12-/m1/s1. The molecule has 1 aliphatic carbocycles. The van der Waals surface area contributed by atoms with Gasteiger partial charge in [-0.1, -0.05) is 55.3 Å². The fourth-order valence-electron chi connectivity index (χ4n) is 2.30. The van der Waals surface area contributed by atoms with E-state index < -0.39 is 11.9 Å². The Hall–Kier alpha value is -0.990. The molecule has 2 nitrogen and oxygen atoms in total. The number of carboxylic acid groups (broad SMARTS) is 1. The Morgan fingerprint density at radius 1 is 1.33 bits per heavy atom. The lowest BCUT2D eigenvalue weighted by atomic mass is 10.1. The third-order valence-electron chi connectivity index (χ3n) is 3.61. The molecule has 18 heavy (non-hydrogen) atoms. The highest BCUT2D eigenvalue weighted by Gasteiger charge is 2.57. The molecule has 4 heteroatoms. The molecule has 0 unspecified atom stereocenters. The number of benzene rings is 1. The van der Waals surface area contributed by atoms with Crippen molar-refractivity contribution in [2.24, 2.45) is 17.3 Å². The zero-order valence-corrected chi connectivity index (χ0v) is 11.6. The van der Waals surface area contributed by atoms with Crippen molar-refractivity contribution in [1.29, 1.82) is 0 Å². The van der Waals surface area contributed by atoms with E-state index in [9.17, 15) is 9.90 Å². The molecular formula is C14H13Cl2O2-. The average Bonchev–Trinajstić information content (AvgIpc) is 2.81. The van der Waals surface area contributed by atoms with Crippen molar-refractivity contribution >= 4 is 34.2 Å². The second kappa shape index (κ2) is 4.60. The second-order valence-corrected chi connectivity index (χ2v) is 6.01. The third kappa shape index (κ3) is 2.40. The summed E-state index contributed by atoms with van der Waals surface area (Å²) in [5.74, 6) is -1.55. The van der Waals surface area contributed by atoms with Gasteiger partial charge >= 0.3 is 0 Å². The molecule has 1 aromatic carbocycles. The van der Waals surface area contributed by atoms with E-state index in [1.807, 2.05) is 26.0 Å². The van der Waals surface area contributed by atoms with Crippen LogP contribution in [-0.2, 0) is 4.79 Å². The summed E-state index contributed by atoms with van der Waals surface area (Å²) in [5, 5.41) is 12.1. The zero-order chi connectivity index (χ0) is 13.5. The predicted molar refractivity (Wildman–Crippen MR) is 71.1 cm³/mol. The maximum absolute atomic E-state index is 10.9. The molecule has 1 aromatic rings.